The lowest BCUT2D eigenvalue weighted by molar-refractivity contribution is -0.134. The van der Waals surface area contributed by atoms with Crippen molar-refractivity contribution < 1.29 is 43.1 Å². The standard InChI is InChI=1S/C31H39NO7S.C2H4O2/c33-21-26-19-25(10-13-30(26)34)31(35)20-32-15-14-23-8-11-27(12-9-23)39-17-16-38-22-24-4-3-7-29(18-24)40(36,37)28-5-1-2-6-28;1-2(3)4/h3-4,7-13,18-19,28,31-35H,1-2,5-6,14-17,20-22H2;1H3,(H,3,4)/t31-;/m0./s1. The third kappa shape index (κ3) is 11.2. The Morgan fingerprint density at radius 2 is 1.70 bits per heavy atom. The van der Waals surface area contributed by atoms with Gasteiger partial charge in [-0.15, -0.1) is 0 Å². The highest BCUT2D eigenvalue weighted by atomic mass is 32.2. The monoisotopic (exact) mass is 629 g/mol. The molecule has 0 aliphatic heterocycles. The van der Waals surface area contributed by atoms with Crippen molar-refractivity contribution in [3.05, 3.63) is 89.0 Å². The average Bonchev–Trinajstić information content (AvgIpc) is 3.56. The third-order valence-corrected chi connectivity index (χ3v) is 9.50. The van der Waals surface area contributed by atoms with Crippen molar-refractivity contribution in [2.75, 3.05) is 26.3 Å². The SMILES string of the molecule is CC(=O)O.O=S(=O)(c1cccc(COCCOc2ccc(CCNC[C@H](O)c3ccc(O)c(CO)c3)cc2)c1)C1CCCC1. The van der Waals surface area contributed by atoms with E-state index in [4.69, 9.17) is 19.4 Å². The van der Waals surface area contributed by atoms with E-state index in [-0.39, 0.29) is 17.6 Å². The van der Waals surface area contributed by atoms with Gasteiger partial charge in [-0.2, -0.15) is 0 Å². The predicted molar refractivity (Wildman–Crippen MR) is 166 cm³/mol. The highest BCUT2D eigenvalue weighted by Crippen LogP contribution is 2.30. The summed E-state index contributed by atoms with van der Waals surface area (Å²) in [5.74, 6) is -0.0754. The summed E-state index contributed by atoms with van der Waals surface area (Å²) in [4.78, 5) is 9.39. The Balaban J connectivity index is 0.00000124. The number of aliphatic carboxylic acids is 1. The van der Waals surface area contributed by atoms with Crippen LogP contribution in [0.2, 0.25) is 0 Å². The Kier molecular flexibility index (Phi) is 14.1. The first-order chi connectivity index (χ1) is 21.1. The first-order valence-corrected chi connectivity index (χ1v) is 16.3. The molecule has 1 saturated carbocycles. The van der Waals surface area contributed by atoms with Crippen molar-refractivity contribution in [3.8, 4) is 11.5 Å². The second-order valence-electron chi connectivity index (χ2n) is 10.7. The van der Waals surface area contributed by atoms with Crippen molar-refractivity contribution in [2.24, 2.45) is 0 Å². The number of aromatic hydroxyl groups is 1. The van der Waals surface area contributed by atoms with Gasteiger partial charge in [0.15, 0.2) is 9.84 Å². The zero-order chi connectivity index (χ0) is 32.0. The molecular formula is C33H43NO9S. The second-order valence-corrected chi connectivity index (χ2v) is 12.9. The molecule has 4 rings (SSSR count). The number of carbonyl (C=O) groups is 1. The molecule has 1 aliphatic carbocycles. The van der Waals surface area contributed by atoms with E-state index in [0.717, 1.165) is 55.9 Å². The molecule has 0 bridgehead atoms. The summed E-state index contributed by atoms with van der Waals surface area (Å²) in [7, 11) is -3.27. The molecule has 0 amide bonds. The van der Waals surface area contributed by atoms with Crippen LogP contribution >= 0.6 is 0 Å². The van der Waals surface area contributed by atoms with Crippen LogP contribution in [0, 0.1) is 0 Å². The smallest absolute Gasteiger partial charge is 0.300 e. The zero-order valence-electron chi connectivity index (χ0n) is 25.0. The van der Waals surface area contributed by atoms with E-state index in [1.165, 1.54) is 6.07 Å². The predicted octanol–water partition coefficient (Wildman–Crippen LogP) is 4.15. The molecule has 10 nitrogen and oxygen atoms in total. The summed E-state index contributed by atoms with van der Waals surface area (Å²) < 4.78 is 37.2. The lowest BCUT2D eigenvalue weighted by Gasteiger charge is -2.14. The molecule has 0 heterocycles. The Morgan fingerprint density at radius 1 is 1.00 bits per heavy atom. The van der Waals surface area contributed by atoms with Gasteiger partial charge >= 0.3 is 0 Å². The lowest BCUT2D eigenvalue weighted by Crippen LogP contribution is -2.23. The second kappa shape index (κ2) is 17.7. The molecule has 3 aromatic rings. The number of aliphatic hydroxyl groups is 2. The van der Waals surface area contributed by atoms with E-state index in [2.05, 4.69) is 5.32 Å². The number of carboxylic acid groups (broad SMARTS) is 1. The Hall–Kier alpha value is -3.48. The molecule has 3 aromatic carbocycles. The number of sulfone groups is 1. The average molecular weight is 630 g/mol. The maximum absolute atomic E-state index is 12.8. The Bertz CT molecular complexity index is 1420. The summed E-state index contributed by atoms with van der Waals surface area (Å²) in [6.45, 7) is 2.93. The minimum atomic E-state index is -3.27. The highest BCUT2D eigenvalue weighted by Gasteiger charge is 2.30. The number of hydrogen-bond acceptors (Lipinski definition) is 9. The minimum Gasteiger partial charge on any atom is -0.508 e. The quantitative estimate of drug-likeness (QED) is 0.154. The van der Waals surface area contributed by atoms with Crippen LogP contribution in [0.5, 0.6) is 11.5 Å². The first kappa shape index (κ1) is 35.0. The summed E-state index contributed by atoms with van der Waals surface area (Å²) in [6.07, 6.45) is 3.50. The van der Waals surface area contributed by atoms with Crippen LogP contribution in [0.4, 0.5) is 0 Å². The van der Waals surface area contributed by atoms with Crippen molar-refractivity contribution in [3.63, 3.8) is 0 Å². The molecule has 5 N–H and O–H groups in total. The normalized spacial score (nSPS) is 14.1. The maximum Gasteiger partial charge on any atom is 0.300 e. The number of rotatable bonds is 15. The van der Waals surface area contributed by atoms with Gasteiger partial charge in [-0.05, 0) is 78.9 Å². The first-order valence-electron chi connectivity index (χ1n) is 14.7. The largest absolute Gasteiger partial charge is 0.508 e. The van der Waals surface area contributed by atoms with E-state index in [1.807, 2.05) is 30.3 Å². The van der Waals surface area contributed by atoms with Gasteiger partial charge in [0.05, 0.1) is 36.1 Å². The van der Waals surface area contributed by atoms with Crippen LogP contribution in [0.25, 0.3) is 0 Å². The fourth-order valence-electron chi connectivity index (χ4n) is 4.89. The topological polar surface area (TPSA) is 163 Å². The number of phenols is 1. The van der Waals surface area contributed by atoms with Gasteiger partial charge in [-0.3, -0.25) is 4.79 Å². The van der Waals surface area contributed by atoms with E-state index in [1.54, 1.807) is 30.3 Å². The molecule has 0 radical (unpaired) electrons. The molecule has 1 aliphatic rings. The van der Waals surface area contributed by atoms with Gasteiger partial charge in [0.25, 0.3) is 5.97 Å². The number of benzene rings is 3. The fourth-order valence-corrected chi connectivity index (χ4v) is 6.82. The van der Waals surface area contributed by atoms with Crippen LogP contribution in [0.1, 0.15) is 61.0 Å². The van der Waals surface area contributed by atoms with E-state index < -0.39 is 21.9 Å². The molecule has 0 aromatic heterocycles. The van der Waals surface area contributed by atoms with Crippen LogP contribution < -0.4 is 10.1 Å². The highest BCUT2D eigenvalue weighted by molar-refractivity contribution is 7.92. The number of hydrogen-bond donors (Lipinski definition) is 5. The van der Waals surface area contributed by atoms with E-state index in [0.29, 0.717) is 48.9 Å². The summed E-state index contributed by atoms with van der Waals surface area (Å²) >= 11 is 0. The molecule has 240 valence electrons. The van der Waals surface area contributed by atoms with Crippen LogP contribution in [-0.4, -0.2) is 66.4 Å². The van der Waals surface area contributed by atoms with Crippen LogP contribution in [0.3, 0.4) is 0 Å². The van der Waals surface area contributed by atoms with Gasteiger partial charge in [-0.1, -0.05) is 43.2 Å². The number of ether oxygens (including phenoxy) is 2. The zero-order valence-corrected chi connectivity index (χ0v) is 25.8. The third-order valence-electron chi connectivity index (χ3n) is 7.24. The van der Waals surface area contributed by atoms with Crippen molar-refractivity contribution in [1.82, 2.24) is 5.32 Å². The summed E-state index contributed by atoms with van der Waals surface area (Å²) in [6, 6.07) is 19.6. The molecular weight excluding hydrogens is 586 g/mol. The summed E-state index contributed by atoms with van der Waals surface area (Å²) in [5, 5.41) is 39.7. The van der Waals surface area contributed by atoms with Gasteiger partial charge < -0.3 is 35.2 Å². The molecule has 0 spiro atoms. The number of carboxylic acids is 1. The van der Waals surface area contributed by atoms with Crippen LogP contribution in [0.15, 0.2) is 71.6 Å². The van der Waals surface area contributed by atoms with Gasteiger partial charge in [0, 0.05) is 19.0 Å². The Labute approximate surface area is 259 Å². The van der Waals surface area contributed by atoms with Gasteiger partial charge in [0.1, 0.15) is 18.1 Å². The number of nitrogens with one attached hydrogen (secondary N) is 1. The minimum absolute atomic E-state index is 0.0149. The van der Waals surface area contributed by atoms with E-state index in [9.17, 15) is 23.7 Å². The Morgan fingerprint density at radius 3 is 2.39 bits per heavy atom. The molecule has 1 fully saturated rings. The van der Waals surface area contributed by atoms with Crippen molar-refractivity contribution >= 4 is 15.8 Å². The van der Waals surface area contributed by atoms with Crippen molar-refractivity contribution in [2.45, 2.75) is 68.5 Å². The summed E-state index contributed by atoms with van der Waals surface area (Å²) in [5.41, 5.74) is 3.00. The van der Waals surface area contributed by atoms with Gasteiger partial charge in [0.2, 0.25) is 0 Å². The maximum atomic E-state index is 12.8. The van der Waals surface area contributed by atoms with E-state index >= 15 is 0 Å². The fraction of sp³-hybridized carbons (Fsp3) is 0.424. The van der Waals surface area contributed by atoms with Gasteiger partial charge in [-0.25, -0.2) is 8.42 Å². The lowest BCUT2D eigenvalue weighted by atomic mass is 10.1. The van der Waals surface area contributed by atoms with Crippen LogP contribution in [-0.2, 0) is 39.0 Å². The molecule has 44 heavy (non-hydrogen) atoms. The molecule has 0 saturated heterocycles. The molecule has 1 atom stereocenters. The molecule has 0 unspecified atom stereocenters. The molecule has 11 heteroatoms. The van der Waals surface area contributed by atoms with Crippen molar-refractivity contribution in [1.29, 1.82) is 0 Å². The number of aliphatic hydroxyl groups excluding tert-OH is 2.